The molecule has 3 rings (SSSR count). The highest BCUT2D eigenvalue weighted by Gasteiger charge is 2.15. The first-order valence-corrected chi connectivity index (χ1v) is 9.08. The first-order chi connectivity index (χ1) is 12.5. The summed E-state index contributed by atoms with van der Waals surface area (Å²) in [6.07, 6.45) is 0.251. The molecule has 1 fully saturated rings. The van der Waals surface area contributed by atoms with Crippen LogP contribution in [0.1, 0.15) is 16.7 Å². The van der Waals surface area contributed by atoms with Crippen LogP contribution in [0.3, 0.4) is 0 Å². The van der Waals surface area contributed by atoms with Crippen LogP contribution < -0.4 is 5.32 Å². The summed E-state index contributed by atoms with van der Waals surface area (Å²) >= 11 is 6.12. The van der Waals surface area contributed by atoms with Gasteiger partial charge in [0.25, 0.3) is 0 Å². The summed E-state index contributed by atoms with van der Waals surface area (Å²) < 4.78 is 5.40. The Bertz CT molecular complexity index is 813. The highest BCUT2D eigenvalue weighted by atomic mass is 35.5. The Balaban J connectivity index is 1.66. The van der Waals surface area contributed by atoms with Gasteiger partial charge >= 0.3 is 0 Å². The summed E-state index contributed by atoms with van der Waals surface area (Å²) in [5, 5.41) is 3.55. The van der Waals surface area contributed by atoms with Crippen LogP contribution in [0.25, 0.3) is 5.70 Å². The number of morpholine rings is 1. The van der Waals surface area contributed by atoms with Crippen LogP contribution in [0.4, 0.5) is 5.69 Å². The number of carbonyl (C=O) groups excluding carboxylic acids is 1. The second-order valence-corrected chi connectivity index (χ2v) is 6.80. The highest BCUT2D eigenvalue weighted by Crippen LogP contribution is 2.25. The van der Waals surface area contributed by atoms with E-state index in [1.807, 2.05) is 43.3 Å². The van der Waals surface area contributed by atoms with Crippen molar-refractivity contribution in [2.24, 2.45) is 0 Å². The number of nitrogens with one attached hydrogen (secondary N) is 1. The molecule has 0 aromatic heterocycles. The molecule has 0 spiro atoms. The molecule has 0 atom stereocenters. The summed E-state index contributed by atoms with van der Waals surface area (Å²) in [6, 6.07) is 13.3. The van der Waals surface area contributed by atoms with E-state index < -0.39 is 0 Å². The summed E-state index contributed by atoms with van der Waals surface area (Å²) in [7, 11) is 0. The van der Waals surface area contributed by atoms with Crippen molar-refractivity contribution in [3.8, 4) is 0 Å². The van der Waals surface area contributed by atoms with Crippen molar-refractivity contribution in [2.45, 2.75) is 13.3 Å². The van der Waals surface area contributed by atoms with Crippen LogP contribution in [0.2, 0.25) is 5.02 Å². The van der Waals surface area contributed by atoms with Gasteiger partial charge in [0, 0.05) is 35.1 Å². The SMILES string of the molecule is C=C(c1ccc(NC(=O)Cc2ccccc2Cl)cc1C)N1CCOCC1. The van der Waals surface area contributed by atoms with E-state index in [9.17, 15) is 4.79 Å². The van der Waals surface area contributed by atoms with Crippen LogP contribution in [-0.4, -0.2) is 37.1 Å². The normalized spacial score (nSPS) is 14.2. The van der Waals surface area contributed by atoms with E-state index in [4.69, 9.17) is 16.3 Å². The molecule has 0 bridgehead atoms. The van der Waals surface area contributed by atoms with Crippen LogP contribution in [0, 0.1) is 6.92 Å². The number of carbonyl (C=O) groups is 1. The molecule has 1 N–H and O–H groups in total. The van der Waals surface area contributed by atoms with Gasteiger partial charge in [-0.15, -0.1) is 0 Å². The topological polar surface area (TPSA) is 41.6 Å². The Morgan fingerprint density at radius 3 is 2.65 bits per heavy atom. The molecule has 0 unspecified atom stereocenters. The van der Waals surface area contributed by atoms with Crippen molar-refractivity contribution >= 4 is 28.9 Å². The van der Waals surface area contributed by atoms with E-state index in [2.05, 4.69) is 16.8 Å². The molecule has 5 heteroatoms. The van der Waals surface area contributed by atoms with Crippen molar-refractivity contribution in [3.63, 3.8) is 0 Å². The van der Waals surface area contributed by atoms with Gasteiger partial charge < -0.3 is 15.0 Å². The third kappa shape index (κ3) is 4.45. The van der Waals surface area contributed by atoms with Gasteiger partial charge in [-0.1, -0.05) is 42.4 Å². The van der Waals surface area contributed by atoms with Crippen molar-refractivity contribution in [1.29, 1.82) is 0 Å². The van der Waals surface area contributed by atoms with Gasteiger partial charge in [0.1, 0.15) is 0 Å². The Kier molecular flexibility index (Phi) is 5.96. The summed E-state index contributed by atoms with van der Waals surface area (Å²) in [6.45, 7) is 9.44. The number of hydrogen-bond donors (Lipinski definition) is 1. The minimum absolute atomic E-state index is 0.0859. The third-order valence-corrected chi connectivity index (χ3v) is 4.89. The molecule has 2 aromatic rings. The van der Waals surface area contributed by atoms with Gasteiger partial charge in [0.15, 0.2) is 0 Å². The molecule has 1 heterocycles. The maximum absolute atomic E-state index is 12.3. The van der Waals surface area contributed by atoms with Crippen molar-refractivity contribution in [2.75, 3.05) is 31.6 Å². The van der Waals surface area contributed by atoms with Crippen molar-refractivity contribution < 1.29 is 9.53 Å². The predicted molar refractivity (Wildman–Crippen MR) is 106 cm³/mol. The number of rotatable bonds is 5. The van der Waals surface area contributed by atoms with Crippen LogP contribution in [0.5, 0.6) is 0 Å². The van der Waals surface area contributed by atoms with E-state index in [1.54, 1.807) is 6.07 Å². The van der Waals surface area contributed by atoms with Gasteiger partial charge in [0.05, 0.1) is 19.6 Å². The molecule has 1 saturated heterocycles. The zero-order valence-corrected chi connectivity index (χ0v) is 15.7. The number of benzene rings is 2. The summed E-state index contributed by atoms with van der Waals surface area (Å²) in [5.41, 5.74) is 4.77. The monoisotopic (exact) mass is 370 g/mol. The molecular weight excluding hydrogens is 348 g/mol. The van der Waals surface area contributed by atoms with E-state index in [-0.39, 0.29) is 12.3 Å². The number of anilines is 1. The Labute approximate surface area is 159 Å². The van der Waals surface area contributed by atoms with E-state index >= 15 is 0 Å². The van der Waals surface area contributed by atoms with Gasteiger partial charge in [-0.25, -0.2) is 0 Å². The van der Waals surface area contributed by atoms with Gasteiger partial charge in [0.2, 0.25) is 5.91 Å². The maximum Gasteiger partial charge on any atom is 0.228 e. The maximum atomic E-state index is 12.3. The lowest BCUT2D eigenvalue weighted by Crippen LogP contribution is -2.34. The fraction of sp³-hybridized carbons (Fsp3) is 0.286. The average molecular weight is 371 g/mol. The lowest BCUT2D eigenvalue weighted by atomic mass is 10.0. The minimum atomic E-state index is -0.0859. The first kappa shape index (κ1) is 18.5. The predicted octanol–water partition coefficient (Wildman–Crippen LogP) is 4.13. The number of amides is 1. The zero-order valence-electron chi connectivity index (χ0n) is 14.9. The number of hydrogen-bond acceptors (Lipinski definition) is 3. The molecule has 26 heavy (non-hydrogen) atoms. The average Bonchev–Trinajstić information content (AvgIpc) is 2.64. The second-order valence-electron chi connectivity index (χ2n) is 6.39. The van der Waals surface area contributed by atoms with E-state index in [1.165, 1.54) is 0 Å². The summed E-state index contributed by atoms with van der Waals surface area (Å²) in [5.74, 6) is -0.0859. The standard InChI is InChI=1S/C21H23ClN2O2/c1-15-13-18(23-21(25)14-17-5-3-4-6-20(17)22)7-8-19(15)16(2)24-9-11-26-12-10-24/h3-8,13H,2,9-12,14H2,1H3,(H,23,25). The lowest BCUT2D eigenvalue weighted by Gasteiger charge is -2.31. The van der Waals surface area contributed by atoms with Crippen molar-refractivity contribution in [1.82, 2.24) is 4.90 Å². The molecule has 136 valence electrons. The van der Waals surface area contributed by atoms with Gasteiger partial charge in [-0.05, 0) is 36.2 Å². The molecule has 1 aliphatic heterocycles. The second kappa shape index (κ2) is 8.39. The number of ether oxygens (including phenoxy) is 1. The molecule has 2 aromatic carbocycles. The highest BCUT2D eigenvalue weighted by molar-refractivity contribution is 6.31. The first-order valence-electron chi connectivity index (χ1n) is 8.70. The smallest absolute Gasteiger partial charge is 0.228 e. The number of nitrogens with zero attached hydrogens (tertiary/aromatic N) is 1. The molecular formula is C21H23ClN2O2. The fourth-order valence-electron chi connectivity index (χ4n) is 3.09. The quantitative estimate of drug-likeness (QED) is 0.860. The molecule has 0 aliphatic carbocycles. The molecule has 0 saturated carbocycles. The van der Waals surface area contributed by atoms with E-state index in [0.717, 1.165) is 54.4 Å². The third-order valence-electron chi connectivity index (χ3n) is 4.52. The van der Waals surface area contributed by atoms with Crippen LogP contribution in [-0.2, 0) is 16.0 Å². The molecule has 1 amide bonds. The number of aryl methyl sites for hydroxylation is 1. The molecule has 4 nitrogen and oxygen atoms in total. The van der Waals surface area contributed by atoms with E-state index in [0.29, 0.717) is 5.02 Å². The van der Waals surface area contributed by atoms with Crippen LogP contribution in [0.15, 0.2) is 49.0 Å². The van der Waals surface area contributed by atoms with Crippen molar-refractivity contribution in [3.05, 3.63) is 70.8 Å². The fourth-order valence-corrected chi connectivity index (χ4v) is 3.29. The Morgan fingerprint density at radius 2 is 1.96 bits per heavy atom. The molecule has 0 radical (unpaired) electrons. The number of halogens is 1. The van der Waals surface area contributed by atoms with Crippen LogP contribution >= 0.6 is 11.6 Å². The van der Waals surface area contributed by atoms with Gasteiger partial charge in [-0.2, -0.15) is 0 Å². The Morgan fingerprint density at radius 1 is 1.23 bits per heavy atom. The molecule has 1 aliphatic rings. The minimum Gasteiger partial charge on any atom is -0.378 e. The largest absolute Gasteiger partial charge is 0.378 e. The Hall–Kier alpha value is -2.30. The zero-order chi connectivity index (χ0) is 18.5. The summed E-state index contributed by atoms with van der Waals surface area (Å²) in [4.78, 5) is 14.5. The lowest BCUT2D eigenvalue weighted by molar-refractivity contribution is -0.115. The van der Waals surface area contributed by atoms with Gasteiger partial charge in [-0.3, -0.25) is 4.79 Å².